The molecule has 0 bridgehead atoms. The molecule has 0 aliphatic heterocycles. The minimum atomic E-state index is -5.14. The molecule has 6 nitrogen and oxygen atoms in total. The van der Waals surface area contributed by atoms with E-state index in [9.17, 15) is 22.8 Å². The number of pyridine rings is 1. The van der Waals surface area contributed by atoms with Gasteiger partial charge in [0.15, 0.2) is 0 Å². The molecule has 1 heterocycles. The second-order valence-electron chi connectivity index (χ2n) is 4.43. The molecule has 0 fully saturated rings. The van der Waals surface area contributed by atoms with Crippen molar-refractivity contribution in [2.75, 3.05) is 12.4 Å². The predicted molar refractivity (Wildman–Crippen MR) is 71.8 cm³/mol. The van der Waals surface area contributed by atoms with E-state index in [1.807, 2.05) is 5.32 Å². The summed E-state index contributed by atoms with van der Waals surface area (Å²) < 4.78 is 44.7. The first-order valence-corrected chi connectivity index (χ1v) is 6.34. The quantitative estimate of drug-likeness (QED) is 0.638. The van der Waals surface area contributed by atoms with Crippen molar-refractivity contribution < 1.29 is 27.5 Å². The van der Waals surface area contributed by atoms with Crippen molar-refractivity contribution in [2.24, 2.45) is 0 Å². The van der Waals surface area contributed by atoms with Gasteiger partial charge in [-0.05, 0) is 19.1 Å². The van der Waals surface area contributed by atoms with Gasteiger partial charge in [-0.1, -0.05) is 13.0 Å². The second kappa shape index (κ2) is 6.63. The first-order valence-electron chi connectivity index (χ1n) is 6.34. The largest absolute Gasteiger partial charge is 0.466 e. The Morgan fingerprint density at radius 2 is 1.95 bits per heavy atom. The Labute approximate surface area is 125 Å². The number of carbonyl (C=O) groups is 2. The fourth-order valence-corrected chi connectivity index (χ4v) is 1.65. The number of esters is 1. The Hall–Kier alpha value is -2.32. The zero-order valence-corrected chi connectivity index (χ0v) is 12.2. The number of hydrogen-bond acceptors (Lipinski definition) is 5. The first-order chi connectivity index (χ1) is 10.2. The summed E-state index contributed by atoms with van der Waals surface area (Å²) in [5.41, 5.74) is -2.97. The number of ether oxygens (including phenoxy) is 1. The standard InChI is InChI=1S/C13H16F3N3O3/c1-4-10(20)19-12(11(21)22-3,13(14,15)16)18-9-7-5-6-8(2)17-9/h5-7H,4H2,1-3H3,(H,17,18)(H,19,20)/t12-/m0/s1. The molecule has 0 radical (unpaired) electrons. The van der Waals surface area contributed by atoms with Crippen molar-refractivity contribution in [2.45, 2.75) is 32.1 Å². The van der Waals surface area contributed by atoms with Crippen LogP contribution in [0.15, 0.2) is 18.2 Å². The number of halogens is 3. The summed E-state index contributed by atoms with van der Waals surface area (Å²) >= 11 is 0. The monoisotopic (exact) mass is 319 g/mol. The van der Waals surface area contributed by atoms with Gasteiger partial charge >= 0.3 is 17.8 Å². The van der Waals surface area contributed by atoms with Gasteiger partial charge < -0.3 is 15.4 Å². The fraction of sp³-hybridized carbons (Fsp3) is 0.462. The van der Waals surface area contributed by atoms with Crippen LogP contribution in [0.2, 0.25) is 0 Å². The van der Waals surface area contributed by atoms with Gasteiger partial charge in [0.25, 0.3) is 0 Å². The molecule has 0 aliphatic carbocycles. The van der Waals surface area contributed by atoms with Crippen LogP contribution >= 0.6 is 0 Å². The number of aryl methyl sites for hydroxylation is 1. The van der Waals surface area contributed by atoms with Gasteiger partial charge in [-0.15, -0.1) is 0 Å². The van der Waals surface area contributed by atoms with Crippen molar-refractivity contribution in [3.8, 4) is 0 Å². The highest BCUT2D eigenvalue weighted by Gasteiger charge is 2.63. The van der Waals surface area contributed by atoms with Crippen LogP contribution in [0, 0.1) is 6.92 Å². The lowest BCUT2D eigenvalue weighted by Crippen LogP contribution is -2.69. The van der Waals surface area contributed by atoms with Crippen LogP contribution < -0.4 is 10.6 Å². The van der Waals surface area contributed by atoms with Crippen molar-refractivity contribution in [3.63, 3.8) is 0 Å². The number of hydrogen-bond donors (Lipinski definition) is 2. The van der Waals surface area contributed by atoms with E-state index < -0.39 is 23.7 Å². The van der Waals surface area contributed by atoms with Gasteiger partial charge in [0, 0.05) is 12.1 Å². The minimum Gasteiger partial charge on any atom is -0.466 e. The number of methoxy groups -OCH3 is 1. The van der Waals surface area contributed by atoms with Crippen LogP contribution in [0.25, 0.3) is 0 Å². The molecule has 1 aromatic rings. The lowest BCUT2D eigenvalue weighted by Gasteiger charge is -2.34. The molecule has 122 valence electrons. The number of nitrogens with zero attached hydrogens (tertiary/aromatic N) is 1. The van der Waals surface area contributed by atoms with Gasteiger partial charge in [0.2, 0.25) is 5.91 Å². The molecule has 1 amide bonds. The summed E-state index contributed by atoms with van der Waals surface area (Å²) in [7, 11) is 0.798. The summed E-state index contributed by atoms with van der Waals surface area (Å²) in [5.74, 6) is -2.88. The smallest absolute Gasteiger partial charge is 0.441 e. The molecular weight excluding hydrogens is 303 g/mol. The Morgan fingerprint density at radius 3 is 2.41 bits per heavy atom. The van der Waals surface area contributed by atoms with Crippen LogP contribution in [-0.2, 0) is 14.3 Å². The molecule has 0 aromatic carbocycles. The summed E-state index contributed by atoms with van der Waals surface area (Å²) in [4.78, 5) is 27.1. The SMILES string of the molecule is CCC(=O)N[C@@](Nc1cccc(C)n1)(C(=O)OC)C(F)(F)F. The molecule has 1 atom stereocenters. The molecule has 9 heteroatoms. The van der Waals surface area contributed by atoms with E-state index in [0.717, 1.165) is 7.11 Å². The van der Waals surface area contributed by atoms with Gasteiger partial charge in [-0.2, -0.15) is 13.2 Å². The maximum atomic E-state index is 13.5. The number of aromatic nitrogens is 1. The van der Waals surface area contributed by atoms with Crippen LogP contribution in [0.1, 0.15) is 19.0 Å². The summed E-state index contributed by atoms with van der Waals surface area (Å²) in [6.45, 7) is 2.93. The summed E-state index contributed by atoms with van der Waals surface area (Å²) in [5, 5.41) is 3.60. The van der Waals surface area contributed by atoms with E-state index in [-0.39, 0.29) is 12.2 Å². The number of alkyl halides is 3. The highest BCUT2D eigenvalue weighted by molar-refractivity contribution is 5.91. The minimum absolute atomic E-state index is 0.223. The lowest BCUT2D eigenvalue weighted by atomic mass is 10.1. The van der Waals surface area contributed by atoms with Gasteiger partial charge in [-0.25, -0.2) is 9.78 Å². The molecule has 22 heavy (non-hydrogen) atoms. The van der Waals surface area contributed by atoms with Gasteiger partial charge in [0.05, 0.1) is 7.11 Å². The number of carbonyl (C=O) groups excluding carboxylic acids is 2. The third-order valence-electron chi connectivity index (χ3n) is 2.77. The molecule has 1 aromatic heterocycles. The average Bonchev–Trinajstić information content (AvgIpc) is 2.44. The summed E-state index contributed by atoms with van der Waals surface area (Å²) in [6, 6.07) is 4.28. The third-order valence-corrected chi connectivity index (χ3v) is 2.77. The Balaban J connectivity index is 3.35. The Bertz CT molecular complexity index is 563. The maximum Gasteiger partial charge on any atom is 0.441 e. The van der Waals surface area contributed by atoms with Crippen molar-refractivity contribution in [1.82, 2.24) is 10.3 Å². The molecule has 0 saturated carbocycles. The van der Waals surface area contributed by atoms with Crippen LogP contribution in [0.5, 0.6) is 0 Å². The van der Waals surface area contributed by atoms with Crippen molar-refractivity contribution >= 4 is 17.7 Å². The Kier molecular flexibility index (Phi) is 5.34. The van der Waals surface area contributed by atoms with E-state index in [1.165, 1.54) is 19.1 Å². The fourth-order valence-electron chi connectivity index (χ4n) is 1.65. The zero-order valence-electron chi connectivity index (χ0n) is 12.2. The first kappa shape index (κ1) is 17.7. The lowest BCUT2D eigenvalue weighted by molar-refractivity contribution is -0.206. The van der Waals surface area contributed by atoms with E-state index in [0.29, 0.717) is 5.69 Å². The Morgan fingerprint density at radius 1 is 1.32 bits per heavy atom. The van der Waals surface area contributed by atoms with Crippen molar-refractivity contribution in [3.05, 3.63) is 23.9 Å². The average molecular weight is 319 g/mol. The van der Waals surface area contributed by atoms with Crippen LogP contribution in [-0.4, -0.2) is 35.8 Å². The molecule has 2 N–H and O–H groups in total. The third kappa shape index (κ3) is 3.66. The van der Waals surface area contributed by atoms with Crippen molar-refractivity contribution in [1.29, 1.82) is 0 Å². The van der Waals surface area contributed by atoms with E-state index in [4.69, 9.17) is 0 Å². The second-order valence-corrected chi connectivity index (χ2v) is 4.43. The normalized spacial score (nSPS) is 13.9. The van der Waals surface area contributed by atoms with E-state index in [2.05, 4.69) is 9.72 Å². The molecule has 0 aliphatic rings. The van der Waals surface area contributed by atoms with E-state index in [1.54, 1.807) is 18.3 Å². The predicted octanol–water partition coefficient (Wildman–Crippen LogP) is 1.76. The van der Waals surface area contributed by atoms with E-state index >= 15 is 0 Å². The number of anilines is 1. The number of nitrogens with one attached hydrogen (secondary N) is 2. The number of amides is 1. The molecular formula is C13H16F3N3O3. The van der Waals surface area contributed by atoms with Gasteiger partial charge in [0.1, 0.15) is 5.82 Å². The zero-order chi connectivity index (χ0) is 17.0. The highest BCUT2D eigenvalue weighted by Crippen LogP contribution is 2.32. The maximum absolute atomic E-state index is 13.5. The highest BCUT2D eigenvalue weighted by atomic mass is 19.4. The molecule has 0 saturated heterocycles. The van der Waals surface area contributed by atoms with Crippen LogP contribution in [0.3, 0.4) is 0 Å². The topological polar surface area (TPSA) is 80.3 Å². The number of rotatable bonds is 5. The van der Waals surface area contributed by atoms with Gasteiger partial charge in [-0.3, -0.25) is 4.79 Å². The molecule has 1 rings (SSSR count). The van der Waals surface area contributed by atoms with Crippen LogP contribution in [0.4, 0.5) is 19.0 Å². The molecule has 0 unspecified atom stereocenters. The summed E-state index contributed by atoms with van der Waals surface area (Å²) in [6.07, 6.45) is -5.38. The molecule has 0 spiro atoms.